The van der Waals surface area contributed by atoms with Crippen molar-refractivity contribution in [3.8, 4) is 17.0 Å². The Morgan fingerprint density at radius 2 is 1.83 bits per heavy atom. The molecule has 42 heavy (non-hydrogen) atoms. The van der Waals surface area contributed by atoms with Gasteiger partial charge in [0.1, 0.15) is 23.0 Å². The second-order valence-corrected chi connectivity index (χ2v) is 10.8. The largest absolute Gasteiger partial charge is 0.465 e. The maximum absolute atomic E-state index is 13.8. The lowest BCUT2D eigenvalue weighted by molar-refractivity contribution is -0.138. The molecule has 1 aliphatic carbocycles. The van der Waals surface area contributed by atoms with Crippen LogP contribution in [0.15, 0.2) is 41.1 Å². The number of para-hydroxylation sites is 1. The quantitative estimate of drug-likeness (QED) is 0.199. The van der Waals surface area contributed by atoms with Crippen LogP contribution in [0.3, 0.4) is 0 Å². The molecule has 2 aliphatic heterocycles. The number of fused-ring (bicyclic) bond motifs is 2. The molecule has 8 nitrogen and oxygen atoms in total. The fourth-order valence-electron chi connectivity index (χ4n) is 6.13. The van der Waals surface area contributed by atoms with E-state index in [1.54, 1.807) is 18.2 Å². The number of esters is 1. The van der Waals surface area contributed by atoms with Gasteiger partial charge in [-0.15, -0.1) is 0 Å². The summed E-state index contributed by atoms with van der Waals surface area (Å²) in [6.45, 7) is -2.86. The van der Waals surface area contributed by atoms with Crippen molar-refractivity contribution in [1.29, 1.82) is 0 Å². The first-order valence-electron chi connectivity index (χ1n) is 13.7. The molecular weight excluding hydrogens is 565 g/mol. The molecule has 2 bridgehead atoms. The van der Waals surface area contributed by atoms with Gasteiger partial charge in [0.15, 0.2) is 0 Å². The third-order valence-corrected chi connectivity index (χ3v) is 8.14. The van der Waals surface area contributed by atoms with Gasteiger partial charge in [0.2, 0.25) is 0 Å². The summed E-state index contributed by atoms with van der Waals surface area (Å²) < 4.78 is 88.8. The van der Waals surface area contributed by atoms with E-state index in [1.807, 2.05) is 4.90 Å². The number of methoxy groups -OCH3 is 1. The van der Waals surface area contributed by atoms with Gasteiger partial charge in [-0.25, -0.2) is 9.78 Å². The van der Waals surface area contributed by atoms with Crippen LogP contribution in [-0.2, 0) is 22.3 Å². The highest BCUT2D eigenvalue weighted by Gasteiger charge is 2.44. The van der Waals surface area contributed by atoms with Crippen molar-refractivity contribution in [2.45, 2.75) is 82.0 Å². The standard InChI is InChI=1S/C29H28F5N3O5/c1-39-27(38)20-13-35-24(12-22(20)29(32,33)34)37-16-8-9-17(37)11-18(10-16)40-14-21-25(36-42-26(21)15-6-7-15)19-4-2-3-5-23(19)41-28(30)31/h2-5,12-13,15-18,28H,6-11,14H2,1H3/t16-,17+,18?. The zero-order valence-corrected chi connectivity index (χ0v) is 22.6. The number of ether oxygens (including phenoxy) is 3. The van der Waals surface area contributed by atoms with Crippen LogP contribution >= 0.6 is 0 Å². The van der Waals surface area contributed by atoms with Crippen molar-refractivity contribution in [2.75, 3.05) is 12.0 Å². The number of benzene rings is 1. The van der Waals surface area contributed by atoms with Crippen LogP contribution in [0.5, 0.6) is 5.75 Å². The molecule has 3 atom stereocenters. The predicted molar refractivity (Wildman–Crippen MR) is 138 cm³/mol. The third-order valence-electron chi connectivity index (χ3n) is 8.14. The summed E-state index contributed by atoms with van der Waals surface area (Å²) in [6, 6.07) is 7.10. The van der Waals surface area contributed by atoms with E-state index in [-0.39, 0.29) is 42.3 Å². The normalized spacial score (nSPS) is 22.1. The number of nitrogens with zero attached hydrogens (tertiary/aromatic N) is 3. The van der Waals surface area contributed by atoms with Crippen LogP contribution in [0.4, 0.5) is 27.8 Å². The molecule has 6 rings (SSSR count). The van der Waals surface area contributed by atoms with Gasteiger partial charge in [-0.05, 0) is 56.7 Å². The fourth-order valence-corrected chi connectivity index (χ4v) is 6.13. The topological polar surface area (TPSA) is 86.9 Å². The van der Waals surface area contributed by atoms with Crippen LogP contribution in [-0.4, -0.2) is 48.0 Å². The minimum absolute atomic E-state index is 0.0142. The zero-order valence-electron chi connectivity index (χ0n) is 22.6. The fraction of sp³-hybridized carbons (Fsp3) is 0.483. The maximum Gasteiger partial charge on any atom is 0.417 e. The number of alkyl halides is 5. The number of piperidine rings is 1. The van der Waals surface area contributed by atoms with Crippen molar-refractivity contribution in [3.63, 3.8) is 0 Å². The molecule has 1 unspecified atom stereocenters. The van der Waals surface area contributed by atoms with Crippen LogP contribution < -0.4 is 9.64 Å². The summed E-state index contributed by atoms with van der Waals surface area (Å²) >= 11 is 0. The average molecular weight is 594 g/mol. The Labute approximate surface area is 237 Å². The minimum Gasteiger partial charge on any atom is -0.465 e. The summed E-state index contributed by atoms with van der Waals surface area (Å²) in [4.78, 5) is 18.0. The monoisotopic (exact) mass is 593 g/mol. The molecule has 0 amide bonds. The van der Waals surface area contributed by atoms with Gasteiger partial charge in [-0.1, -0.05) is 17.3 Å². The highest BCUT2D eigenvalue weighted by Crippen LogP contribution is 2.46. The molecule has 2 aromatic heterocycles. The van der Waals surface area contributed by atoms with E-state index < -0.39 is 29.9 Å². The number of halogens is 5. The number of carbonyl (C=O) groups is 1. The van der Waals surface area contributed by atoms with Gasteiger partial charge in [0.05, 0.1) is 30.9 Å². The predicted octanol–water partition coefficient (Wildman–Crippen LogP) is 6.74. The van der Waals surface area contributed by atoms with E-state index in [1.165, 1.54) is 6.07 Å². The molecule has 13 heteroatoms. The summed E-state index contributed by atoms with van der Waals surface area (Å²) in [6.07, 6.45) is 0.475. The van der Waals surface area contributed by atoms with Gasteiger partial charge < -0.3 is 23.6 Å². The Morgan fingerprint density at radius 3 is 2.48 bits per heavy atom. The Morgan fingerprint density at radius 1 is 1.12 bits per heavy atom. The molecule has 3 fully saturated rings. The van der Waals surface area contributed by atoms with E-state index in [2.05, 4.69) is 14.9 Å². The minimum atomic E-state index is -4.75. The lowest BCUT2D eigenvalue weighted by atomic mass is 9.98. The molecule has 4 heterocycles. The number of rotatable bonds is 9. The van der Waals surface area contributed by atoms with E-state index in [4.69, 9.17) is 14.0 Å². The van der Waals surface area contributed by atoms with Crippen molar-refractivity contribution in [2.24, 2.45) is 0 Å². The van der Waals surface area contributed by atoms with Crippen molar-refractivity contribution in [1.82, 2.24) is 10.1 Å². The van der Waals surface area contributed by atoms with E-state index in [9.17, 15) is 26.7 Å². The second kappa shape index (κ2) is 11.2. The number of hydrogen-bond donors (Lipinski definition) is 0. The number of pyridine rings is 1. The Hall–Kier alpha value is -3.74. The summed E-state index contributed by atoms with van der Waals surface area (Å²) in [5, 5.41) is 4.21. The Balaban J connectivity index is 1.20. The van der Waals surface area contributed by atoms with Crippen molar-refractivity contribution >= 4 is 11.8 Å². The van der Waals surface area contributed by atoms with Crippen LogP contribution in [0.25, 0.3) is 11.3 Å². The van der Waals surface area contributed by atoms with Gasteiger partial charge >= 0.3 is 18.8 Å². The first-order valence-corrected chi connectivity index (χ1v) is 13.7. The highest BCUT2D eigenvalue weighted by molar-refractivity contribution is 5.91. The molecule has 1 aromatic carbocycles. The molecule has 0 radical (unpaired) electrons. The Bertz CT molecular complexity index is 1440. The van der Waals surface area contributed by atoms with E-state index in [0.29, 0.717) is 35.4 Å². The molecular formula is C29H28F5N3O5. The lowest BCUT2D eigenvalue weighted by Crippen LogP contribution is -2.46. The molecule has 0 spiro atoms. The van der Waals surface area contributed by atoms with Gasteiger partial charge in [0, 0.05) is 35.3 Å². The van der Waals surface area contributed by atoms with Gasteiger partial charge in [-0.3, -0.25) is 0 Å². The second-order valence-electron chi connectivity index (χ2n) is 10.8. The third kappa shape index (κ3) is 5.53. The summed E-state index contributed by atoms with van der Waals surface area (Å²) in [7, 11) is 1.02. The van der Waals surface area contributed by atoms with Crippen molar-refractivity contribution < 1.29 is 45.5 Å². The molecule has 1 saturated carbocycles. The molecule has 0 N–H and O–H groups in total. The molecule has 3 aliphatic rings. The van der Waals surface area contributed by atoms with Crippen LogP contribution in [0.1, 0.15) is 71.7 Å². The van der Waals surface area contributed by atoms with E-state index >= 15 is 0 Å². The van der Waals surface area contributed by atoms with Gasteiger partial charge in [0.25, 0.3) is 0 Å². The van der Waals surface area contributed by atoms with E-state index in [0.717, 1.165) is 45.1 Å². The first-order chi connectivity index (χ1) is 20.1. The van der Waals surface area contributed by atoms with Crippen LogP contribution in [0.2, 0.25) is 0 Å². The number of hydrogen-bond acceptors (Lipinski definition) is 8. The summed E-state index contributed by atoms with van der Waals surface area (Å²) in [5.74, 6) is -0.0909. The smallest absolute Gasteiger partial charge is 0.417 e. The van der Waals surface area contributed by atoms with Crippen molar-refractivity contribution in [3.05, 3.63) is 59.0 Å². The number of aromatic nitrogens is 2. The average Bonchev–Trinajstić information content (AvgIpc) is 3.66. The molecule has 224 valence electrons. The maximum atomic E-state index is 13.8. The van der Waals surface area contributed by atoms with Crippen LogP contribution in [0, 0.1) is 0 Å². The van der Waals surface area contributed by atoms with Gasteiger partial charge in [-0.2, -0.15) is 22.0 Å². The summed E-state index contributed by atoms with van der Waals surface area (Å²) in [5.41, 5.74) is -0.254. The first kappa shape index (κ1) is 28.4. The molecule has 3 aromatic rings. The zero-order chi connectivity index (χ0) is 29.6. The number of anilines is 1. The molecule has 2 saturated heterocycles. The SMILES string of the molecule is COC(=O)c1cnc(N2[C@@H]3CC[C@H]2CC(OCc2c(-c4ccccc4OC(F)F)noc2C2CC2)C3)cc1C(F)(F)F. The highest BCUT2D eigenvalue weighted by atomic mass is 19.4. The Kier molecular flexibility index (Phi) is 7.54. The number of carbonyl (C=O) groups excluding carboxylic acids is 1. The lowest BCUT2D eigenvalue weighted by Gasteiger charge is -2.40.